The van der Waals surface area contributed by atoms with Crippen molar-refractivity contribution in [2.75, 3.05) is 6.61 Å². The largest absolute Gasteiger partial charge is 0.456 e. The molecule has 0 radical (unpaired) electrons. The zero-order valence-electron chi connectivity index (χ0n) is 55.5. The van der Waals surface area contributed by atoms with Crippen LogP contribution in [0.15, 0.2) is 37.0 Å². The highest BCUT2D eigenvalue weighted by molar-refractivity contribution is 5.81. The number of carbonyl (C=O) groups excluding carboxylic acids is 3. The molecule has 0 amide bonds. The standard InChI is InChI=1S/C71H100O22/c1-11-63(73)86-54-30-60-68(7,31-36(76-60)14-13-35(3)33-72)90-55-26-45-47(87-65(54)55)22-41-43(79-45)24-52-50(80-41)27-59-67(6,89-52)20-19-39-37(83-59)15-16-38-40(78-39)21-46-49(77-38)28-62(88-64(74)12-2)71(10)61(85-46)29-51-53(91-71)25-44-42(81-51)23-48-56(82-44)32-69(8)57(84-48)17-18-58-70(9,93-69)34-75-66(4,5)92-58/h11-13,33,36-62,65H,1-2,14-32,34H2,3-10H3/b35-13+/t36-,37+,38-,39-,40+,41-,42+,43+,44-,45-,46-,47+,48-,49+,50+,51-,52-,53+,54-,55+,56+,57+,58-,59-,60+,61+,62-,65+,67+,68-,69-,70+,71-/m0/s1. The molecule has 516 valence electrons. The highest BCUT2D eigenvalue weighted by Gasteiger charge is 2.65. The van der Waals surface area contributed by atoms with Crippen molar-refractivity contribution < 1.29 is 104 Å². The molecule has 0 aromatic heterocycles. The summed E-state index contributed by atoms with van der Waals surface area (Å²) in [5, 5.41) is 0. The number of carbonyl (C=O) groups is 3. The number of esters is 2. The fraction of sp³-hybridized carbons (Fsp3) is 0.873. The lowest BCUT2D eigenvalue weighted by molar-refractivity contribution is -0.366. The molecule has 16 rings (SSSR count). The fourth-order valence-electron chi connectivity index (χ4n) is 20.1. The predicted octanol–water partition coefficient (Wildman–Crippen LogP) is 7.35. The summed E-state index contributed by atoms with van der Waals surface area (Å²) < 4.78 is 131. The van der Waals surface area contributed by atoms with E-state index in [4.69, 9.17) is 90.0 Å². The van der Waals surface area contributed by atoms with Gasteiger partial charge in [-0.05, 0) is 106 Å². The van der Waals surface area contributed by atoms with Crippen molar-refractivity contribution >= 4 is 18.2 Å². The lowest BCUT2D eigenvalue weighted by Crippen LogP contribution is -2.68. The first-order valence-corrected chi connectivity index (χ1v) is 35.5. The minimum atomic E-state index is -1.04. The average molecular weight is 1310 g/mol. The maximum atomic E-state index is 13.3. The van der Waals surface area contributed by atoms with Gasteiger partial charge in [0.15, 0.2) is 5.79 Å². The van der Waals surface area contributed by atoms with Gasteiger partial charge in [0.25, 0.3) is 0 Å². The second-order valence-corrected chi connectivity index (χ2v) is 32.0. The Kier molecular flexibility index (Phi) is 16.9. The van der Waals surface area contributed by atoms with Crippen molar-refractivity contribution in [2.45, 2.75) is 382 Å². The van der Waals surface area contributed by atoms with E-state index in [1.807, 2.05) is 26.8 Å². The third kappa shape index (κ3) is 11.8. The molecule has 0 bridgehead atoms. The van der Waals surface area contributed by atoms with Crippen LogP contribution in [-0.4, -0.2) is 230 Å². The number of hydrogen-bond acceptors (Lipinski definition) is 22. The smallest absolute Gasteiger partial charge is 0.330 e. The summed E-state index contributed by atoms with van der Waals surface area (Å²) in [5.74, 6) is -1.73. The van der Waals surface area contributed by atoms with Crippen LogP contribution in [0.3, 0.4) is 0 Å². The lowest BCUT2D eigenvalue weighted by Gasteiger charge is -2.57. The van der Waals surface area contributed by atoms with Gasteiger partial charge in [-0.15, -0.1) is 0 Å². The molecular formula is C71H100O22. The Bertz CT molecular complexity index is 2890. The molecule has 16 fully saturated rings. The van der Waals surface area contributed by atoms with Crippen LogP contribution in [0.2, 0.25) is 0 Å². The minimum Gasteiger partial charge on any atom is -0.456 e. The molecule has 22 nitrogen and oxygen atoms in total. The number of aldehydes is 1. The van der Waals surface area contributed by atoms with Gasteiger partial charge < -0.3 is 90.0 Å². The van der Waals surface area contributed by atoms with E-state index in [0.717, 1.165) is 38.4 Å². The molecular weight excluding hydrogens is 1200 g/mol. The van der Waals surface area contributed by atoms with Gasteiger partial charge in [0, 0.05) is 89.2 Å². The average Bonchev–Trinajstić information content (AvgIpc) is 1.73. The Morgan fingerprint density at radius 1 is 0.441 bits per heavy atom. The lowest BCUT2D eigenvalue weighted by atomic mass is 9.78. The van der Waals surface area contributed by atoms with E-state index in [2.05, 4.69) is 40.9 Å². The molecule has 16 aliphatic heterocycles. The van der Waals surface area contributed by atoms with Crippen LogP contribution in [-0.2, 0) is 104 Å². The minimum absolute atomic E-state index is 0.123. The van der Waals surface area contributed by atoms with Crippen LogP contribution in [0.4, 0.5) is 0 Å². The molecule has 0 aliphatic carbocycles. The molecule has 16 saturated heterocycles. The number of allylic oxidation sites excluding steroid dienone is 1. The van der Waals surface area contributed by atoms with Gasteiger partial charge in [-0.25, -0.2) is 9.59 Å². The van der Waals surface area contributed by atoms with Gasteiger partial charge >= 0.3 is 11.9 Å². The van der Waals surface area contributed by atoms with E-state index in [1.54, 1.807) is 6.92 Å². The molecule has 0 N–H and O–H groups in total. The monoisotopic (exact) mass is 1300 g/mol. The molecule has 0 spiro atoms. The molecule has 0 saturated carbocycles. The van der Waals surface area contributed by atoms with Crippen LogP contribution in [0.5, 0.6) is 0 Å². The molecule has 33 atom stereocenters. The van der Waals surface area contributed by atoms with Crippen molar-refractivity contribution in [2.24, 2.45) is 0 Å². The molecule has 16 aliphatic rings. The number of hydrogen-bond donors (Lipinski definition) is 0. The Balaban J connectivity index is 0.564. The Hall–Kier alpha value is -2.85. The van der Waals surface area contributed by atoms with Gasteiger partial charge in [0.1, 0.15) is 35.8 Å². The van der Waals surface area contributed by atoms with E-state index in [-0.39, 0.29) is 134 Å². The first-order chi connectivity index (χ1) is 44.5. The van der Waals surface area contributed by atoms with Crippen LogP contribution in [0.25, 0.3) is 0 Å². The predicted molar refractivity (Wildman–Crippen MR) is 326 cm³/mol. The number of rotatable bonds is 7. The SMILES string of the molecule is C=CC(=O)O[C@H]1C[C@H]2O[C@@H](C/C=C(\C)C=O)C[C@]2(C)O[C@@H]2C[C@@H]3O[C@@H]4C[C@@H]5O[C@]6(C)CC[C@@H]7O[C@@H]8C[C@@H]9O[C@@H]%10C[C@@H]%11O[C@@H]%12C[C@@H]%13O[C@@H]%14CC[C@@H]%15OC(C)(C)OC[C@@]%15(C)O[C@@]%14(C)C[C@H]%13O[C@H]%12C[C@H]%11O[C@]%10(C)[C@@H](OC(=O)C=C)C[C@H]9O[C@H]8CC[C@H]7O[C@H]6C[C@H]5O[C@H]4C[C@H]3O[C@H]12. The summed E-state index contributed by atoms with van der Waals surface area (Å²) in [6, 6.07) is 0. The van der Waals surface area contributed by atoms with Crippen molar-refractivity contribution in [3.05, 3.63) is 37.0 Å². The Morgan fingerprint density at radius 3 is 1.65 bits per heavy atom. The zero-order chi connectivity index (χ0) is 64.3. The summed E-state index contributed by atoms with van der Waals surface area (Å²) in [5.41, 5.74) is -2.87. The van der Waals surface area contributed by atoms with Crippen molar-refractivity contribution in [1.29, 1.82) is 0 Å². The van der Waals surface area contributed by atoms with Crippen LogP contribution < -0.4 is 0 Å². The summed E-state index contributed by atoms with van der Waals surface area (Å²) >= 11 is 0. The zero-order valence-corrected chi connectivity index (χ0v) is 55.5. The highest BCUT2D eigenvalue weighted by atomic mass is 16.7. The van der Waals surface area contributed by atoms with Crippen LogP contribution in [0, 0.1) is 0 Å². The van der Waals surface area contributed by atoms with Gasteiger partial charge in [0.2, 0.25) is 0 Å². The second-order valence-electron chi connectivity index (χ2n) is 32.0. The molecule has 0 aromatic rings. The van der Waals surface area contributed by atoms with E-state index in [1.165, 1.54) is 12.2 Å². The highest BCUT2D eigenvalue weighted by Crippen LogP contribution is 2.55. The van der Waals surface area contributed by atoms with Crippen molar-refractivity contribution in [3.8, 4) is 0 Å². The molecule has 0 aromatic carbocycles. The van der Waals surface area contributed by atoms with E-state index >= 15 is 0 Å². The van der Waals surface area contributed by atoms with Crippen molar-refractivity contribution in [3.63, 3.8) is 0 Å². The van der Waals surface area contributed by atoms with Gasteiger partial charge in [-0.2, -0.15) is 0 Å². The first-order valence-electron chi connectivity index (χ1n) is 35.5. The molecule has 16 heterocycles. The fourth-order valence-corrected chi connectivity index (χ4v) is 20.1. The van der Waals surface area contributed by atoms with Crippen molar-refractivity contribution in [1.82, 2.24) is 0 Å². The number of fused-ring (bicyclic) bond motifs is 15. The second kappa shape index (κ2) is 24.2. The molecule has 22 heteroatoms. The Morgan fingerprint density at radius 2 is 0.946 bits per heavy atom. The van der Waals surface area contributed by atoms with E-state index in [0.29, 0.717) is 102 Å². The molecule has 93 heavy (non-hydrogen) atoms. The summed E-state index contributed by atoms with van der Waals surface area (Å²) in [7, 11) is 0. The topological polar surface area (TPSA) is 227 Å². The maximum Gasteiger partial charge on any atom is 0.330 e. The van der Waals surface area contributed by atoms with Gasteiger partial charge in [0.05, 0.1) is 176 Å². The Labute approximate surface area is 546 Å². The third-order valence-corrected chi connectivity index (χ3v) is 25.0. The van der Waals surface area contributed by atoms with Crippen LogP contribution >= 0.6 is 0 Å². The molecule has 0 unspecified atom stereocenters. The maximum absolute atomic E-state index is 13.3. The quantitative estimate of drug-likeness (QED) is 0.138. The van der Waals surface area contributed by atoms with E-state index in [9.17, 15) is 14.4 Å². The summed E-state index contributed by atoms with van der Waals surface area (Å²) in [6.45, 7) is 24.1. The first kappa shape index (κ1) is 64.8. The normalized spacial score (nSPS) is 55.0. The van der Waals surface area contributed by atoms with Gasteiger partial charge in [-0.3, -0.25) is 4.79 Å². The summed E-state index contributed by atoms with van der Waals surface area (Å²) in [6.07, 6.45) is 8.86. The summed E-state index contributed by atoms with van der Waals surface area (Å²) in [4.78, 5) is 37.6. The van der Waals surface area contributed by atoms with Crippen LogP contribution in [0.1, 0.15) is 177 Å². The van der Waals surface area contributed by atoms with Gasteiger partial charge in [-0.1, -0.05) is 19.2 Å². The van der Waals surface area contributed by atoms with E-state index < -0.39 is 82.4 Å². The third-order valence-electron chi connectivity index (χ3n) is 25.0. The number of ether oxygens (including phenoxy) is 19.